The minimum atomic E-state index is -3.36. The average molecular weight is 338 g/mol. The summed E-state index contributed by atoms with van der Waals surface area (Å²) in [6.45, 7) is 6.93. The number of nitrogens with zero attached hydrogens (tertiary/aromatic N) is 1. The van der Waals surface area contributed by atoms with Gasteiger partial charge in [0.2, 0.25) is 15.9 Å². The minimum Gasteiger partial charge on any atom is -0.342 e. The highest BCUT2D eigenvalue weighted by Gasteiger charge is 2.27. The van der Waals surface area contributed by atoms with Gasteiger partial charge in [0.25, 0.3) is 0 Å². The lowest BCUT2D eigenvalue weighted by molar-refractivity contribution is -0.135. The van der Waals surface area contributed by atoms with Gasteiger partial charge in [-0.2, -0.15) is 0 Å². The molecule has 1 N–H and O–H groups in total. The summed E-state index contributed by atoms with van der Waals surface area (Å²) in [5.74, 6) is 0.140. The van der Waals surface area contributed by atoms with Crippen molar-refractivity contribution in [1.82, 2.24) is 9.62 Å². The predicted molar refractivity (Wildman–Crippen MR) is 91.4 cm³/mol. The number of aryl methyl sites for hydroxylation is 1. The van der Waals surface area contributed by atoms with Gasteiger partial charge in [0.05, 0.1) is 5.75 Å². The van der Waals surface area contributed by atoms with Gasteiger partial charge in [-0.25, -0.2) is 13.1 Å². The molecular weight excluding hydrogens is 312 g/mol. The van der Waals surface area contributed by atoms with Crippen LogP contribution in [0.3, 0.4) is 0 Å². The molecule has 0 aromatic heterocycles. The van der Waals surface area contributed by atoms with Crippen molar-refractivity contribution in [3.63, 3.8) is 0 Å². The van der Waals surface area contributed by atoms with Crippen LogP contribution in [0.25, 0.3) is 0 Å². The van der Waals surface area contributed by atoms with Crippen LogP contribution in [0.15, 0.2) is 24.3 Å². The fourth-order valence-electron chi connectivity index (χ4n) is 2.86. The third-order valence-corrected chi connectivity index (χ3v) is 5.64. The molecule has 0 spiro atoms. The van der Waals surface area contributed by atoms with Crippen LogP contribution in [0.5, 0.6) is 0 Å². The van der Waals surface area contributed by atoms with Crippen molar-refractivity contribution in [3.8, 4) is 0 Å². The first-order chi connectivity index (χ1) is 10.8. The van der Waals surface area contributed by atoms with Crippen LogP contribution in [0.2, 0.25) is 0 Å². The average Bonchev–Trinajstić information content (AvgIpc) is 2.49. The molecule has 1 aliphatic heterocycles. The molecule has 1 aromatic carbocycles. The van der Waals surface area contributed by atoms with Gasteiger partial charge in [-0.15, -0.1) is 0 Å². The Bertz CT molecular complexity index is 648. The summed E-state index contributed by atoms with van der Waals surface area (Å²) >= 11 is 0. The highest BCUT2D eigenvalue weighted by molar-refractivity contribution is 7.88. The summed E-state index contributed by atoms with van der Waals surface area (Å²) in [5.41, 5.74) is 1.81. The summed E-state index contributed by atoms with van der Waals surface area (Å²) < 4.78 is 27.5. The van der Waals surface area contributed by atoms with Crippen molar-refractivity contribution in [1.29, 1.82) is 0 Å². The molecule has 1 fully saturated rings. The lowest BCUT2D eigenvalue weighted by Gasteiger charge is -2.33. The SMILES string of the molecule is Cc1ccccc1CS(=O)(=O)NC1CCN(C(=O)C(C)C)CC1. The van der Waals surface area contributed by atoms with Gasteiger partial charge >= 0.3 is 0 Å². The number of carbonyl (C=O) groups is 1. The maximum absolute atomic E-state index is 12.4. The molecule has 6 heteroatoms. The van der Waals surface area contributed by atoms with Gasteiger partial charge in [0.15, 0.2) is 0 Å². The minimum absolute atomic E-state index is 0.00477. The first-order valence-electron chi connectivity index (χ1n) is 8.12. The van der Waals surface area contributed by atoms with Crippen molar-refractivity contribution in [2.75, 3.05) is 13.1 Å². The maximum Gasteiger partial charge on any atom is 0.225 e. The van der Waals surface area contributed by atoms with Crippen molar-refractivity contribution < 1.29 is 13.2 Å². The van der Waals surface area contributed by atoms with E-state index >= 15 is 0 Å². The number of sulfonamides is 1. The van der Waals surface area contributed by atoms with E-state index < -0.39 is 10.0 Å². The number of hydrogen-bond acceptors (Lipinski definition) is 3. The van der Waals surface area contributed by atoms with Crippen LogP contribution >= 0.6 is 0 Å². The molecule has 0 radical (unpaired) electrons. The molecular formula is C17H26N2O3S. The highest BCUT2D eigenvalue weighted by atomic mass is 32.2. The van der Waals surface area contributed by atoms with Gasteiger partial charge in [0.1, 0.15) is 0 Å². The zero-order valence-electron chi connectivity index (χ0n) is 14.1. The Morgan fingerprint density at radius 1 is 1.26 bits per heavy atom. The lowest BCUT2D eigenvalue weighted by Crippen LogP contribution is -2.47. The van der Waals surface area contributed by atoms with Gasteiger partial charge in [-0.05, 0) is 30.9 Å². The Hall–Kier alpha value is -1.40. The van der Waals surface area contributed by atoms with Crippen molar-refractivity contribution in [3.05, 3.63) is 35.4 Å². The summed E-state index contributed by atoms with van der Waals surface area (Å²) in [6.07, 6.45) is 1.34. The van der Waals surface area contributed by atoms with E-state index in [-0.39, 0.29) is 23.6 Å². The summed E-state index contributed by atoms with van der Waals surface area (Å²) in [5, 5.41) is 0. The zero-order chi connectivity index (χ0) is 17.0. The molecule has 0 aliphatic carbocycles. The monoisotopic (exact) mass is 338 g/mol. The van der Waals surface area contributed by atoms with Crippen LogP contribution in [-0.2, 0) is 20.6 Å². The van der Waals surface area contributed by atoms with E-state index in [1.54, 1.807) is 0 Å². The number of piperidine rings is 1. The van der Waals surface area contributed by atoms with Crippen LogP contribution in [0.1, 0.15) is 37.8 Å². The topological polar surface area (TPSA) is 66.5 Å². The van der Waals surface area contributed by atoms with E-state index in [1.807, 2.05) is 49.9 Å². The number of nitrogens with one attached hydrogen (secondary N) is 1. The Labute approximate surface area is 139 Å². The molecule has 2 rings (SSSR count). The lowest BCUT2D eigenvalue weighted by atomic mass is 10.0. The molecule has 1 saturated heterocycles. The molecule has 1 aromatic rings. The van der Waals surface area contributed by atoms with Gasteiger partial charge in [-0.3, -0.25) is 4.79 Å². The Morgan fingerprint density at radius 3 is 2.43 bits per heavy atom. The molecule has 0 unspecified atom stereocenters. The third-order valence-electron chi connectivity index (χ3n) is 4.25. The molecule has 128 valence electrons. The summed E-state index contributed by atoms with van der Waals surface area (Å²) in [4.78, 5) is 13.8. The van der Waals surface area contributed by atoms with Crippen molar-refractivity contribution in [2.45, 2.75) is 45.4 Å². The first kappa shape index (κ1) is 17.9. The number of carbonyl (C=O) groups excluding carboxylic acids is 1. The molecule has 5 nitrogen and oxygen atoms in total. The maximum atomic E-state index is 12.4. The quantitative estimate of drug-likeness (QED) is 0.894. The Balaban J connectivity index is 1.90. The Kier molecular flexibility index (Phi) is 5.81. The third kappa shape index (κ3) is 5.04. The molecule has 0 saturated carbocycles. The van der Waals surface area contributed by atoms with Crippen molar-refractivity contribution >= 4 is 15.9 Å². The smallest absolute Gasteiger partial charge is 0.225 e. The van der Waals surface area contributed by atoms with Crippen LogP contribution in [-0.4, -0.2) is 38.4 Å². The standard InChI is InChI=1S/C17H26N2O3S/c1-13(2)17(20)19-10-8-16(9-11-19)18-23(21,22)12-15-7-5-4-6-14(15)3/h4-7,13,16,18H,8-12H2,1-3H3. The highest BCUT2D eigenvalue weighted by Crippen LogP contribution is 2.16. The summed E-state index contributed by atoms with van der Waals surface area (Å²) in [7, 11) is -3.36. The number of benzene rings is 1. The van der Waals surface area contributed by atoms with E-state index in [0.717, 1.165) is 11.1 Å². The second-order valence-corrected chi connectivity index (χ2v) is 8.31. The fourth-order valence-corrected chi connectivity index (χ4v) is 4.42. The molecule has 1 aliphatic rings. The second-order valence-electron chi connectivity index (χ2n) is 6.56. The summed E-state index contributed by atoms with van der Waals surface area (Å²) in [6, 6.07) is 7.44. The van der Waals surface area contributed by atoms with E-state index in [0.29, 0.717) is 25.9 Å². The molecule has 0 bridgehead atoms. The molecule has 23 heavy (non-hydrogen) atoms. The number of hydrogen-bond donors (Lipinski definition) is 1. The van der Waals surface area contributed by atoms with E-state index in [4.69, 9.17) is 0 Å². The van der Waals surface area contributed by atoms with Gasteiger partial charge in [0, 0.05) is 25.0 Å². The van der Waals surface area contributed by atoms with Crippen molar-refractivity contribution in [2.24, 2.45) is 5.92 Å². The molecule has 1 heterocycles. The van der Waals surface area contributed by atoms with E-state index in [2.05, 4.69) is 4.72 Å². The van der Waals surface area contributed by atoms with Crippen LogP contribution in [0, 0.1) is 12.8 Å². The van der Waals surface area contributed by atoms with Gasteiger partial charge < -0.3 is 4.90 Å². The number of rotatable bonds is 5. The largest absolute Gasteiger partial charge is 0.342 e. The number of likely N-dealkylation sites (tertiary alicyclic amines) is 1. The number of amides is 1. The Morgan fingerprint density at radius 2 is 1.87 bits per heavy atom. The van der Waals surface area contributed by atoms with Crippen LogP contribution in [0.4, 0.5) is 0 Å². The predicted octanol–water partition coefficient (Wildman–Crippen LogP) is 2.06. The van der Waals surface area contributed by atoms with Crippen LogP contribution < -0.4 is 4.72 Å². The fraction of sp³-hybridized carbons (Fsp3) is 0.588. The molecule has 1 amide bonds. The first-order valence-corrected chi connectivity index (χ1v) is 9.77. The second kappa shape index (κ2) is 7.45. The molecule has 0 atom stereocenters. The normalized spacial score (nSPS) is 16.8. The van der Waals surface area contributed by atoms with E-state index in [9.17, 15) is 13.2 Å². The zero-order valence-corrected chi connectivity index (χ0v) is 14.9. The van der Waals surface area contributed by atoms with Gasteiger partial charge in [-0.1, -0.05) is 38.1 Å². The van der Waals surface area contributed by atoms with E-state index in [1.165, 1.54) is 0 Å².